The van der Waals surface area contributed by atoms with Crippen molar-refractivity contribution in [2.75, 3.05) is 19.0 Å². The molecule has 12 heteroatoms. The first kappa shape index (κ1) is 36.8. The number of anilines is 1. The molecule has 0 aliphatic carbocycles. The number of rotatable bonds is 14. The molecule has 0 aliphatic heterocycles. The van der Waals surface area contributed by atoms with E-state index in [1.54, 1.807) is 88.5 Å². The number of methoxy groups -OCH3 is 1. The Kier molecular flexibility index (Phi) is 12.8. The van der Waals surface area contributed by atoms with E-state index in [-0.39, 0.29) is 30.6 Å². The second-order valence-corrected chi connectivity index (χ2v) is 12.4. The number of aromatic nitrogens is 1. The number of carbonyl (C=O) groups excluding carboxylic acids is 5. The smallest absolute Gasteiger partial charge is 0.408 e. The molecule has 0 radical (unpaired) electrons. The van der Waals surface area contributed by atoms with E-state index < -0.39 is 47.3 Å². The topological polar surface area (TPSA) is 165 Å². The van der Waals surface area contributed by atoms with Gasteiger partial charge in [-0.25, -0.2) is 4.79 Å². The Morgan fingerprint density at radius 2 is 1.40 bits per heavy atom. The van der Waals surface area contributed by atoms with Gasteiger partial charge in [0, 0.05) is 30.3 Å². The van der Waals surface area contributed by atoms with Crippen LogP contribution in [0.25, 0.3) is 0 Å². The van der Waals surface area contributed by atoms with Gasteiger partial charge in [0.15, 0.2) is 5.78 Å². The summed E-state index contributed by atoms with van der Waals surface area (Å²) in [6.07, 6.45) is 0.923. The van der Waals surface area contributed by atoms with Crippen molar-refractivity contribution in [3.05, 3.63) is 126 Å². The quantitative estimate of drug-likeness (QED) is 0.142. The van der Waals surface area contributed by atoms with E-state index in [0.717, 1.165) is 11.1 Å². The monoisotopic (exact) mass is 679 g/mol. The number of hydrogen-bond acceptors (Lipinski definition) is 8. The van der Waals surface area contributed by atoms with Gasteiger partial charge in [0.25, 0.3) is 5.91 Å². The van der Waals surface area contributed by atoms with Crippen molar-refractivity contribution >= 4 is 35.3 Å². The maximum atomic E-state index is 13.8. The molecule has 4 N–H and O–H groups in total. The number of nitrogens with one attached hydrogen (secondary N) is 4. The number of hydrogen-bond donors (Lipinski definition) is 4. The fourth-order valence-electron chi connectivity index (χ4n) is 4.84. The summed E-state index contributed by atoms with van der Waals surface area (Å²) in [5.74, 6) is -1.44. The van der Waals surface area contributed by atoms with E-state index in [0.29, 0.717) is 11.4 Å². The molecule has 12 nitrogen and oxygen atoms in total. The Balaban J connectivity index is 1.47. The summed E-state index contributed by atoms with van der Waals surface area (Å²) in [6, 6.07) is 25.2. The molecule has 0 spiro atoms. The van der Waals surface area contributed by atoms with Crippen LogP contribution >= 0.6 is 0 Å². The zero-order valence-corrected chi connectivity index (χ0v) is 28.4. The van der Waals surface area contributed by atoms with Gasteiger partial charge >= 0.3 is 6.09 Å². The Morgan fingerprint density at radius 1 is 0.740 bits per heavy atom. The maximum Gasteiger partial charge on any atom is 0.408 e. The minimum Gasteiger partial charge on any atom is -0.497 e. The van der Waals surface area contributed by atoms with Gasteiger partial charge in [-0.2, -0.15) is 0 Å². The highest BCUT2D eigenvalue weighted by molar-refractivity contribution is 6.05. The molecule has 1 aromatic heterocycles. The van der Waals surface area contributed by atoms with Crippen LogP contribution < -0.4 is 26.0 Å². The van der Waals surface area contributed by atoms with E-state index in [1.165, 1.54) is 12.3 Å². The number of nitrogens with zero attached hydrogens (tertiary/aromatic N) is 1. The van der Waals surface area contributed by atoms with Crippen LogP contribution in [-0.2, 0) is 27.2 Å². The van der Waals surface area contributed by atoms with E-state index in [1.807, 2.05) is 30.3 Å². The summed E-state index contributed by atoms with van der Waals surface area (Å²) < 4.78 is 10.6. The van der Waals surface area contributed by atoms with Crippen LogP contribution in [0, 0.1) is 0 Å². The number of pyridine rings is 1. The Labute approximate surface area is 291 Å². The third-order valence-electron chi connectivity index (χ3n) is 7.29. The number of benzene rings is 3. The van der Waals surface area contributed by atoms with E-state index >= 15 is 0 Å². The molecule has 260 valence electrons. The molecular formula is C38H41N5O7. The van der Waals surface area contributed by atoms with Crippen molar-refractivity contribution in [3.63, 3.8) is 0 Å². The minimum atomic E-state index is -1.10. The molecule has 0 saturated heterocycles. The third kappa shape index (κ3) is 11.6. The maximum absolute atomic E-state index is 13.8. The largest absolute Gasteiger partial charge is 0.497 e. The molecule has 4 amide bonds. The van der Waals surface area contributed by atoms with Crippen LogP contribution in [0.2, 0.25) is 0 Å². The van der Waals surface area contributed by atoms with Gasteiger partial charge < -0.3 is 30.7 Å². The molecule has 50 heavy (non-hydrogen) atoms. The second-order valence-electron chi connectivity index (χ2n) is 12.4. The molecule has 3 aromatic carbocycles. The molecule has 0 fully saturated rings. The molecule has 4 aromatic rings. The lowest BCUT2D eigenvalue weighted by Crippen LogP contribution is -2.55. The molecule has 0 unspecified atom stereocenters. The normalized spacial score (nSPS) is 12.1. The Bertz CT molecular complexity index is 1780. The van der Waals surface area contributed by atoms with Crippen LogP contribution in [0.4, 0.5) is 10.5 Å². The predicted molar refractivity (Wildman–Crippen MR) is 188 cm³/mol. The van der Waals surface area contributed by atoms with Gasteiger partial charge in [-0.1, -0.05) is 60.7 Å². The average molecular weight is 680 g/mol. The van der Waals surface area contributed by atoms with E-state index in [9.17, 15) is 24.0 Å². The summed E-state index contributed by atoms with van der Waals surface area (Å²) >= 11 is 0. The zero-order chi connectivity index (χ0) is 36.1. The highest BCUT2D eigenvalue weighted by Crippen LogP contribution is 2.15. The second kappa shape index (κ2) is 17.4. The van der Waals surface area contributed by atoms with Gasteiger partial charge in [-0.05, 0) is 68.3 Å². The fraction of sp³-hybridized carbons (Fsp3) is 0.263. The predicted octanol–water partition coefficient (Wildman–Crippen LogP) is 4.50. The lowest BCUT2D eigenvalue weighted by Gasteiger charge is -2.25. The van der Waals surface area contributed by atoms with Gasteiger partial charge in [-0.3, -0.25) is 24.2 Å². The molecular weight excluding hydrogens is 638 g/mol. The molecule has 2 atom stereocenters. The summed E-state index contributed by atoms with van der Waals surface area (Å²) in [5.41, 5.74) is 1.55. The van der Waals surface area contributed by atoms with E-state index in [2.05, 4.69) is 26.3 Å². The van der Waals surface area contributed by atoms with Crippen molar-refractivity contribution in [3.8, 4) is 5.75 Å². The van der Waals surface area contributed by atoms with Crippen LogP contribution in [0.5, 0.6) is 5.75 Å². The van der Waals surface area contributed by atoms with Crippen molar-refractivity contribution in [1.29, 1.82) is 0 Å². The highest BCUT2D eigenvalue weighted by Gasteiger charge is 2.29. The standard InChI is InChI=1S/C38H41N5O7/c1-38(2,3)50-37(48)43-32(22-26-16-18-29(49-4)19-17-26)36(47)42-31(21-25-11-6-5-7-12-25)34(45)40-24-33(44)27-13-10-14-28(23-27)41-35(46)30-15-8-9-20-39-30/h5-20,23,31-32H,21-22,24H2,1-4H3,(H,40,45)(H,41,46)(H,42,47)(H,43,48)/t31-,32-/m0/s1. The van der Waals surface area contributed by atoms with Gasteiger partial charge in [0.05, 0.1) is 13.7 Å². The van der Waals surface area contributed by atoms with Crippen LogP contribution in [-0.4, -0.2) is 65.9 Å². The first-order chi connectivity index (χ1) is 23.9. The number of ketones is 1. The fourth-order valence-corrected chi connectivity index (χ4v) is 4.84. The Morgan fingerprint density at radius 3 is 2.04 bits per heavy atom. The van der Waals surface area contributed by atoms with E-state index in [4.69, 9.17) is 9.47 Å². The molecule has 4 rings (SSSR count). The van der Waals surface area contributed by atoms with Gasteiger partial charge in [0.1, 0.15) is 29.1 Å². The summed E-state index contributed by atoms with van der Waals surface area (Å²) in [6.45, 7) is 4.76. The SMILES string of the molecule is COc1ccc(C[C@H](NC(=O)OC(C)(C)C)C(=O)N[C@@H](Cc2ccccc2)C(=O)NCC(=O)c2cccc(NC(=O)c3ccccn3)c2)cc1. The van der Waals surface area contributed by atoms with Crippen LogP contribution in [0.3, 0.4) is 0 Å². The number of ether oxygens (including phenoxy) is 2. The minimum absolute atomic E-state index is 0.0977. The number of Topliss-reactive ketones (excluding diaryl/α,β-unsaturated/α-hetero) is 1. The zero-order valence-electron chi connectivity index (χ0n) is 28.4. The number of carbonyl (C=O) groups is 5. The first-order valence-electron chi connectivity index (χ1n) is 16.0. The van der Waals surface area contributed by atoms with Crippen LogP contribution in [0.15, 0.2) is 103 Å². The lowest BCUT2D eigenvalue weighted by atomic mass is 10.0. The van der Waals surface area contributed by atoms with Gasteiger partial charge in [-0.15, -0.1) is 0 Å². The Hall–Kier alpha value is -6.04. The molecule has 0 bridgehead atoms. The molecule has 1 heterocycles. The summed E-state index contributed by atoms with van der Waals surface area (Å²) in [4.78, 5) is 69.8. The number of alkyl carbamates (subject to hydrolysis) is 1. The average Bonchev–Trinajstić information content (AvgIpc) is 3.10. The number of amides is 4. The highest BCUT2D eigenvalue weighted by atomic mass is 16.6. The summed E-state index contributed by atoms with van der Waals surface area (Å²) in [5, 5.41) is 10.8. The van der Waals surface area contributed by atoms with Crippen molar-refractivity contribution in [2.45, 2.75) is 51.3 Å². The lowest BCUT2D eigenvalue weighted by molar-refractivity contribution is -0.129. The third-order valence-corrected chi connectivity index (χ3v) is 7.29. The summed E-state index contributed by atoms with van der Waals surface area (Å²) in [7, 11) is 1.54. The van der Waals surface area contributed by atoms with Crippen molar-refractivity contribution in [1.82, 2.24) is 20.9 Å². The molecule has 0 aliphatic rings. The van der Waals surface area contributed by atoms with Gasteiger partial charge in [0.2, 0.25) is 11.8 Å². The van der Waals surface area contributed by atoms with Crippen LogP contribution in [0.1, 0.15) is 52.7 Å². The van der Waals surface area contributed by atoms with Crippen molar-refractivity contribution < 1.29 is 33.4 Å². The molecule has 0 saturated carbocycles. The van der Waals surface area contributed by atoms with Crippen molar-refractivity contribution in [2.24, 2.45) is 0 Å². The first-order valence-corrected chi connectivity index (χ1v) is 16.0.